The second kappa shape index (κ2) is 6.77. The highest BCUT2D eigenvalue weighted by molar-refractivity contribution is 9.09. The number of alkyl halides is 2. The molecular weight excluding hydrogens is 380 g/mol. The molecule has 0 amide bonds. The first-order valence-electron chi connectivity index (χ1n) is 6.57. The maximum atomic E-state index is 9.41. The van der Waals surface area contributed by atoms with Crippen LogP contribution in [0.4, 0.5) is 0 Å². The molecule has 0 aliphatic carbocycles. The molecule has 20 heavy (non-hydrogen) atoms. The first-order valence-corrected chi connectivity index (χ1v) is 8.81. The topological polar surface area (TPSA) is 20.2 Å². The molecule has 0 saturated heterocycles. The monoisotopic (exact) mass is 396 g/mol. The normalized spacial score (nSPS) is 11.6. The van der Waals surface area contributed by atoms with Gasteiger partial charge in [-0.2, -0.15) is 0 Å². The Hall–Kier alpha value is -0.800. The number of halogens is 2. The van der Waals surface area contributed by atoms with Crippen LogP contribution in [0.2, 0.25) is 0 Å². The number of phenolic OH excluding ortho intramolecular Hbond substituents is 1. The third-order valence-electron chi connectivity index (χ3n) is 3.71. The Morgan fingerprint density at radius 3 is 2.10 bits per heavy atom. The Morgan fingerprint density at radius 1 is 0.950 bits per heavy atom. The zero-order chi connectivity index (χ0) is 14.6. The Kier molecular flexibility index (Phi) is 5.28. The molecule has 0 atom stereocenters. The van der Waals surface area contributed by atoms with Gasteiger partial charge in [0.05, 0.1) is 0 Å². The van der Waals surface area contributed by atoms with Gasteiger partial charge in [0.2, 0.25) is 0 Å². The van der Waals surface area contributed by atoms with Gasteiger partial charge in [-0.3, -0.25) is 0 Å². The molecule has 0 aromatic heterocycles. The van der Waals surface area contributed by atoms with Crippen molar-refractivity contribution >= 4 is 31.9 Å². The van der Waals surface area contributed by atoms with E-state index in [1.165, 1.54) is 16.7 Å². The predicted molar refractivity (Wildman–Crippen MR) is 92.3 cm³/mol. The molecule has 0 fully saturated rings. The minimum Gasteiger partial charge on any atom is -0.508 e. The lowest BCUT2D eigenvalue weighted by atomic mass is 9.77. The van der Waals surface area contributed by atoms with Gasteiger partial charge in [-0.05, 0) is 42.2 Å². The molecule has 0 bridgehead atoms. The van der Waals surface area contributed by atoms with E-state index >= 15 is 0 Å². The van der Waals surface area contributed by atoms with Gasteiger partial charge < -0.3 is 5.11 Å². The maximum absolute atomic E-state index is 9.41. The Bertz CT molecular complexity index is 559. The average molecular weight is 398 g/mol. The largest absolute Gasteiger partial charge is 0.508 e. The van der Waals surface area contributed by atoms with Crippen LogP contribution < -0.4 is 0 Å². The summed E-state index contributed by atoms with van der Waals surface area (Å²) in [5.74, 6) is 0.313. The van der Waals surface area contributed by atoms with Crippen LogP contribution >= 0.6 is 31.9 Å². The van der Waals surface area contributed by atoms with Crippen LogP contribution in [0.1, 0.15) is 16.7 Å². The molecule has 0 heterocycles. The molecule has 0 aliphatic rings. The number of hydrogen-bond donors (Lipinski definition) is 1. The van der Waals surface area contributed by atoms with Gasteiger partial charge in [0, 0.05) is 16.1 Å². The molecule has 0 radical (unpaired) electrons. The molecule has 2 rings (SSSR count). The van der Waals surface area contributed by atoms with E-state index in [2.05, 4.69) is 63.0 Å². The number of benzene rings is 2. The molecule has 1 nitrogen and oxygen atoms in total. The molecular formula is C17H18Br2O. The fraction of sp³-hybridized carbons (Fsp3) is 0.294. The SMILES string of the molecule is Cc1ccccc1C(CBr)(CBr)Cc1ccc(O)cc1. The van der Waals surface area contributed by atoms with Gasteiger partial charge >= 0.3 is 0 Å². The summed E-state index contributed by atoms with van der Waals surface area (Å²) in [5.41, 5.74) is 3.92. The van der Waals surface area contributed by atoms with Gasteiger partial charge in [0.15, 0.2) is 0 Å². The van der Waals surface area contributed by atoms with Gasteiger partial charge in [0.1, 0.15) is 5.75 Å². The lowest BCUT2D eigenvalue weighted by Gasteiger charge is -2.32. The smallest absolute Gasteiger partial charge is 0.115 e. The first kappa shape index (κ1) is 15.6. The van der Waals surface area contributed by atoms with Crippen LogP contribution in [0.25, 0.3) is 0 Å². The summed E-state index contributed by atoms with van der Waals surface area (Å²) in [6.07, 6.45) is 0.925. The highest BCUT2D eigenvalue weighted by Gasteiger charge is 2.31. The number of aryl methyl sites for hydroxylation is 1. The Morgan fingerprint density at radius 2 is 1.55 bits per heavy atom. The fourth-order valence-corrected chi connectivity index (χ4v) is 4.47. The van der Waals surface area contributed by atoms with E-state index in [0.29, 0.717) is 5.75 Å². The molecule has 3 heteroatoms. The summed E-state index contributed by atoms with van der Waals surface area (Å²) in [5, 5.41) is 11.2. The molecule has 0 saturated carbocycles. The number of hydrogen-bond acceptors (Lipinski definition) is 1. The summed E-state index contributed by atoms with van der Waals surface area (Å²) in [6.45, 7) is 2.16. The van der Waals surface area contributed by atoms with E-state index in [9.17, 15) is 5.11 Å². The zero-order valence-corrected chi connectivity index (χ0v) is 14.6. The second-order valence-electron chi connectivity index (χ2n) is 5.21. The van der Waals surface area contributed by atoms with Gasteiger partial charge in [-0.1, -0.05) is 68.3 Å². The van der Waals surface area contributed by atoms with E-state index in [0.717, 1.165) is 17.1 Å². The van der Waals surface area contributed by atoms with Gasteiger partial charge in [-0.25, -0.2) is 0 Å². The Labute approximate surface area is 137 Å². The van der Waals surface area contributed by atoms with E-state index in [1.54, 1.807) is 12.1 Å². The molecule has 106 valence electrons. The third-order valence-corrected chi connectivity index (χ3v) is 5.85. The molecule has 0 aliphatic heterocycles. The van der Waals surface area contributed by atoms with Crippen LogP contribution in [0.3, 0.4) is 0 Å². The van der Waals surface area contributed by atoms with E-state index in [1.807, 2.05) is 12.1 Å². The summed E-state index contributed by atoms with van der Waals surface area (Å²) in [6, 6.07) is 16.0. The van der Waals surface area contributed by atoms with Gasteiger partial charge in [-0.15, -0.1) is 0 Å². The standard InChI is InChI=1S/C17H18Br2O/c1-13-4-2-3-5-16(13)17(11-18,12-19)10-14-6-8-15(20)9-7-14/h2-9,20H,10-12H2,1H3. The summed E-state index contributed by atoms with van der Waals surface area (Å²) >= 11 is 7.39. The van der Waals surface area contributed by atoms with Crippen LogP contribution in [0.15, 0.2) is 48.5 Å². The van der Waals surface area contributed by atoms with Crippen molar-refractivity contribution < 1.29 is 5.11 Å². The quantitative estimate of drug-likeness (QED) is 0.706. The maximum Gasteiger partial charge on any atom is 0.115 e. The zero-order valence-electron chi connectivity index (χ0n) is 11.4. The Balaban J connectivity index is 2.39. The predicted octanol–water partition coefficient (Wildman–Crippen LogP) is 4.97. The summed E-state index contributed by atoms with van der Waals surface area (Å²) in [4.78, 5) is 0. The first-order chi connectivity index (χ1) is 9.61. The molecule has 0 spiro atoms. The molecule has 1 N–H and O–H groups in total. The lowest BCUT2D eigenvalue weighted by molar-refractivity contribution is 0.474. The third kappa shape index (κ3) is 3.26. The van der Waals surface area contributed by atoms with Crippen molar-refractivity contribution in [3.63, 3.8) is 0 Å². The van der Waals surface area contributed by atoms with Crippen LogP contribution in [-0.2, 0) is 11.8 Å². The summed E-state index contributed by atoms with van der Waals surface area (Å²) in [7, 11) is 0. The fourth-order valence-electron chi connectivity index (χ4n) is 2.54. The van der Waals surface area contributed by atoms with Crippen molar-refractivity contribution in [2.45, 2.75) is 18.8 Å². The van der Waals surface area contributed by atoms with Crippen LogP contribution in [0.5, 0.6) is 5.75 Å². The van der Waals surface area contributed by atoms with Crippen molar-refractivity contribution in [3.05, 3.63) is 65.2 Å². The molecule has 0 unspecified atom stereocenters. The van der Waals surface area contributed by atoms with Crippen molar-refractivity contribution in [2.75, 3.05) is 10.7 Å². The van der Waals surface area contributed by atoms with E-state index in [-0.39, 0.29) is 5.41 Å². The van der Waals surface area contributed by atoms with Crippen LogP contribution in [0, 0.1) is 6.92 Å². The van der Waals surface area contributed by atoms with Crippen molar-refractivity contribution in [1.29, 1.82) is 0 Å². The number of phenols is 1. The highest BCUT2D eigenvalue weighted by Crippen LogP contribution is 2.35. The van der Waals surface area contributed by atoms with Crippen LogP contribution in [-0.4, -0.2) is 15.8 Å². The average Bonchev–Trinajstić information content (AvgIpc) is 2.48. The van der Waals surface area contributed by atoms with E-state index in [4.69, 9.17) is 0 Å². The van der Waals surface area contributed by atoms with Crippen molar-refractivity contribution in [3.8, 4) is 5.75 Å². The van der Waals surface area contributed by atoms with E-state index < -0.39 is 0 Å². The minimum atomic E-state index is 0.0162. The minimum absolute atomic E-state index is 0.0162. The lowest BCUT2D eigenvalue weighted by Crippen LogP contribution is -2.33. The highest BCUT2D eigenvalue weighted by atomic mass is 79.9. The second-order valence-corrected chi connectivity index (χ2v) is 6.33. The number of rotatable bonds is 5. The van der Waals surface area contributed by atoms with Gasteiger partial charge in [0.25, 0.3) is 0 Å². The molecule has 2 aromatic rings. The van der Waals surface area contributed by atoms with Crippen molar-refractivity contribution in [1.82, 2.24) is 0 Å². The van der Waals surface area contributed by atoms with Crippen molar-refractivity contribution in [2.24, 2.45) is 0 Å². The summed E-state index contributed by atoms with van der Waals surface area (Å²) < 4.78 is 0. The molecule has 2 aromatic carbocycles. The number of aromatic hydroxyl groups is 1.